The van der Waals surface area contributed by atoms with Crippen LogP contribution in [0.2, 0.25) is 0 Å². The molecule has 182 valence electrons. The van der Waals surface area contributed by atoms with Gasteiger partial charge in [-0.1, -0.05) is 37.1 Å². The van der Waals surface area contributed by atoms with Crippen molar-refractivity contribution in [1.82, 2.24) is 19.9 Å². The number of aromatic nitrogens is 3. The third-order valence-corrected chi connectivity index (χ3v) is 7.27. The minimum atomic E-state index is -0.181. The number of hydrogen-bond acceptors (Lipinski definition) is 6. The van der Waals surface area contributed by atoms with Gasteiger partial charge in [0, 0.05) is 48.5 Å². The van der Waals surface area contributed by atoms with Crippen molar-refractivity contribution in [2.24, 2.45) is 5.92 Å². The van der Waals surface area contributed by atoms with E-state index in [1.807, 2.05) is 6.20 Å². The SMILES string of the molecule is C[C@H](CC1CC1)Nc1ncc2c(-c3ccc(CNCCO)cc3)cn(C3CCC(O)CC3)c2n1. The molecule has 0 radical (unpaired) electrons. The lowest BCUT2D eigenvalue weighted by atomic mass is 9.93. The van der Waals surface area contributed by atoms with E-state index in [0.717, 1.165) is 60.3 Å². The highest BCUT2D eigenvalue weighted by Crippen LogP contribution is 2.37. The number of anilines is 1. The van der Waals surface area contributed by atoms with Gasteiger partial charge in [0.25, 0.3) is 0 Å². The fourth-order valence-electron chi connectivity index (χ4n) is 5.19. The Kier molecular flexibility index (Phi) is 7.13. The lowest BCUT2D eigenvalue weighted by molar-refractivity contribution is 0.111. The molecule has 34 heavy (non-hydrogen) atoms. The van der Waals surface area contributed by atoms with E-state index in [9.17, 15) is 5.11 Å². The number of fused-ring (bicyclic) bond motifs is 1. The van der Waals surface area contributed by atoms with Gasteiger partial charge in [-0.2, -0.15) is 4.98 Å². The molecule has 2 aliphatic carbocycles. The van der Waals surface area contributed by atoms with E-state index in [0.29, 0.717) is 24.6 Å². The molecule has 0 spiro atoms. The maximum Gasteiger partial charge on any atom is 0.224 e. The van der Waals surface area contributed by atoms with Gasteiger partial charge >= 0.3 is 0 Å². The topological polar surface area (TPSA) is 95.2 Å². The number of aliphatic hydroxyl groups is 2. The number of nitrogens with zero attached hydrogens (tertiary/aromatic N) is 3. The zero-order valence-corrected chi connectivity index (χ0v) is 20.1. The van der Waals surface area contributed by atoms with Gasteiger partial charge in [-0.05, 0) is 56.1 Å². The van der Waals surface area contributed by atoms with E-state index < -0.39 is 0 Å². The minimum absolute atomic E-state index is 0.145. The fourth-order valence-corrected chi connectivity index (χ4v) is 5.19. The monoisotopic (exact) mass is 463 g/mol. The molecule has 0 amide bonds. The van der Waals surface area contributed by atoms with Crippen molar-refractivity contribution in [3.05, 3.63) is 42.2 Å². The van der Waals surface area contributed by atoms with Gasteiger partial charge in [0.1, 0.15) is 5.65 Å². The zero-order chi connectivity index (χ0) is 23.5. The Morgan fingerprint density at radius 2 is 1.85 bits per heavy atom. The molecule has 2 heterocycles. The summed E-state index contributed by atoms with van der Waals surface area (Å²) in [6, 6.07) is 9.29. The number of hydrogen-bond donors (Lipinski definition) is 4. The van der Waals surface area contributed by atoms with Crippen LogP contribution in [0.5, 0.6) is 0 Å². The molecule has 2 aromatic heterocycles. The molecule has 3 aromatic rings. The lowest BCUT2D eigenvalue weighted by Gasteiger charge is -2.27. The Hall–Kier alpha value is -2.48. The first-order valence-corrected chi connectivity index (χ1v) is 12.8. The Balaban J connectivity index is 1.45. The summed E-state index contributed by atoms with van der Waals surface area (Å²) in [6.07, 6.45) is 11.5. The Bertz CT molecular complexity index is 1080. The van der Waals surface area contributed by atoms with Gasteiger partial charge in [-0.15, -0.1) is 0 Å². The van der Waals surface area contributed by atoms with Crippen LogP contribution >= 0.6 is 0 Å². The lowest BCUT2D eigenvalue weighted by Crippen LogP contribution is -2.21. The number of benzene rings is 1. The van der Waals surface area contributed by atoms with Crippen LogP contribution in [0.3, 0.4) is 0 Å². The van der Waals surface area contributed by atoms with Gasteiger partial charge in [-0.3, -0.25) is 0 Å². The van der Waals surface area contributed by atoms with Crippen molar-refractivity contribution in [3.63, 3.8) is 0 Å². The van der Waals surface area contributed by atoms with Crippen molar-refractivity contribution in [2.75, 3.05) is 18.5 Å². The van der Waals surface area contributed by atoms with Crippen LogP contribution in [0, 0.1) is 5.92 Å². The second-order valence-electron chi connectivity index (χ2n) is 10.2. The summed E-state index contributed by atoms with van der Waals surface area (Å²) in [6.45, 7) is 3.70. The van der Waals surface area contributed by atoms with Crippen LogP contribution in [-0.2, 0) is 6.54 Å². The van der Waals surface area contributed by atoms with E-state index in [1.54, 1.807) is 0 Å². The normalized spacial score (nSPS) is 21.6. The van der Waals surface area contributed by atoms with Crippen molar-refractivity contribution >= 4 is 17.0 Å². The molecule has 1 atom stereocenters. The molecule has 2 fully saturated rings. The van der Waals surface area contributed by atoms with E-state index in [1.165, 1.54) is 24.8 Å². The van der Waals surface area contributed by atoms with Gasteiger partial charge in [-0.25, -0.2) is 4.98 Å². The molecule has 2 aliphatic rings. The average molecular weight is 464 g/mol. The Morgan fingerprint density at radius 3 is 2.56 bits per heavy atom. The van der Waals surface area contributed by atoms with Crippen molar-refractivity contribution in [1.29, 1.82) is 0 Å². The summed E-state index contributed by atoms with van der Waals surface area (Å²) in [5.41, 5.74) is 4.46. The minimum Gasteiger partial charge on any atom is -0.395 e. The van der Waals surface area contributed by atoms with Gasteiger partial charge in [0.15, 0.2) is 0 Å². The van der Waals surface area contributed by atoms with Gasteiger partial charge in [0.05, 0.1) is 12.7 Å². The average Bonchev–Trinajstić information content (AvgIpc) is 3.58. The van der Waals surface area contributed by atoms with Crippen molar-refractivity contribution in [2.45, 2.75) is 76.6 Å². The van der Waals surface area contributed by atoms with Crippen LogP contribution in [0.15, 0.2) is 36.7 Å². The molecule has 0 unspecified atom stereocenters. The molecule has 2 saturated carbocycles. The second kappa shape index (κ2) is 10.4. The van der Waals surface area contributed by atoms with E-state index in [2.05, 4.69) is 57.6 Å². The van der Waals surface area contributed by atoms with Crippen LogP contribution in [0.1, 0.15) is 63.5 Å². The van der Waals surface area contributed by atoms with E-state index >= 15 is 0 Å². The number of nitrogens with one attached hydrogen (secondary N) is 2. The highest BCUT2D eigenvalue weighted by molar-refractivity contribution is 5.94. The Labute approximate surface area is 201 Å². The smallest absolute Gasteiger partial charge is 0.224 e. The van der Waals surface area contributed by atoms with Crippen LogP contribution in [-0.4, -0.2) is 50.0 Å². The standard InChI is InChI=1S/C27H37N5O2/c1-18(14-19-2-3-19)30-27-29-16-24-25(21-6-4-20(5-7-21)15-28-12-13-33)17-32(26(24)31-27)22-8-10-23(34)11-9-22/h4-7,16-19,22-23,28,33-34H,2-3,8-15H2,1H3,(H,29,30,31)/t18-,22?,23?/m1/s1. The quantitative estimate of drug-likeness (QED) is 0.336. The van der Waals surface area contributed by atoms with Crippen LogP contribution in [0.4, 0.5) is 5.95 Å². The highest BCUT2D eigenvalue weighted by atomic mass is 16.3. The fraction of sp³-hybridized carbons (Fsp3) is 0.556. The first-order valence-electron chi connectivity index (χ1n) is 12.8. The molecule has 0 saturated heterocycles. The maximum absolute atomic E-state index is 10.0. The molecular weight excluding hydrogens is 426 g/mol. The summed E-state index contributed by atoms with van der Waals surface area (Å²) in [4.78, 5) is 9.68. The zero-order valence-electron chi connectivity index (χ0n) is 20.1. The second-order valence-corrected chi connectivity index (χ2v) is 10.2. The van der Waals surface area contributed by atoms with Gasteiger partial charge in [0.2, 0.25) is 5.95 Å². The molecule has 5 rings (SSSR count). The molecule has 1 aromatic carbocycles. The summed E-state index contributed by atoms with van der Waals surface area (Å²) in [5, 5.41) is 26.8. The molecule has 7 nitrogen and oxygen atoms in total. The molecular formula is C27H37N5O2. The van der Waals surface area contributed by atoms with Crippen molar-refractivity contribution < 1.29 is 10.2 Å². The molecule has 7 heteroatoms. The summed E-state index contributed by atoms with van der Waals surface area (Å²) in [5.74, 6) is 1.56. The largest absolute Gasteiger partial charge is 0.395 e. The van der Waals surface area contributed by atoms with Crippen molar-refractivity contribution in [3.8, 4) is 11.1 Å². The predicted octanol–water partition coefficient (Wildman–Crippen LogP) is 4.26. The highest BCUT2D eigenvalue weighted by Gasteiger charge is 2.26. The third kappa shape index (κ3) is 5.43. The van der Waals surface area contributed by atoms with Crippen LogP contribution in [0.25, 0.3) is 22.2 Å². The van der Waals surface area contributed by atoms with Crippen LogP contribution < -0.4 is 10.6 Å². The van der Waals surface area contributed by atoms with Gasteiger partial charge < -0.3 is 25.4 Å². The van der Waals surface area contributed by atoms with E-state index in [4.69, 9.17) is 10.1 Å². The number of rotatable bonds is 10. The van der Waals surface area contributed by atoms with E-state index in [-0.39, 0.29) is 12.7 Å². The Morgan fingerprint density at radius 1 is 1.09 bits per heavy atom. The maximum atomic E-state index is 10.0. The number of aliphatic hydroxyl groups excluding tert-OH is 2. The molecule has 0 bridgehead atoms. The molecule has 0 aliphatic heterocycles. The summed E-state index contributed by atoms with van der Waals surface area (Å²) < 4.78 is 2.33. The summed E-state index contributed by atoms with van der Waals surface area (Å²) in [7, 11) is 0. The first-order chi connectivity index (χ1) is 16.6. The third-order valence-electron chi connectivity index (χ3n) is 7.27. The first kappa shape index (κ1) is 23.3. The molecule has 4 N–H and O–H groups in total. The summed E-state index contributed by atoms with van der Waals surface area (Å²) >= 11 is 0. The predicted molar refractivity (Wildman–Crippen MR) is 136 cm³/mol.